The molecule has 0 amide bonds. The van der Waals surface area contributed by atoms with Crippen LogP contribution in [0.5, 0.6) is 0 Å². The summed E-state index contributed by atoms with van der Waals surface area (Å²) in [6.45, 7) is 4.76. The van der Waals surface area contributed by atoms with E-state index in [-0.39, 0.29) is 0 Å². The van der Waals surface area contributed by atoms with Crippen LogP contribution in [-0.4, -0.2) is 41.0 Å². The van der Waals surface area contributed by atoms with Crippen molar-refractivity contribution in [3.8, 4) is 0 Å². The van der Waals surface area contributed by atoms with Gasteiger partial charge in [-0.15, -0.1) is 0 Å². The summed E-state index contributed by atoms with van der Waals surface area (Å²) in [5.74, 6) is 2.56. The Bertz CT molecular complexity index is 427. The lowest BCUT2D eigenvalue weighted by atomic mass is 10.3. The molecule has 0 atom stereocenters. The Morgan fingerprint density at radius 3 is 2.79 bits per heavy atom. The zero-order chi connectivity index (χ0) is 13.1. The van der Waals surface area contributed by atoms with Gasteiger partial charge in [0.25, 0.3) is 0 Å². The molecule has 1 aliphatic carbocycles. The van der Waals surface area contributed by atoms with Gasteiger partial charge in [-0.05, 0) is 67.7 Å². The van der Waals surface area contributed by atoms with Crippen molar-refractivity contribution in [1.29, 1.82) is 0 Å². The molecule has 0 aromatic carbocycles. The van der Waals surface area contributed by atoms with Crippen LogP contribution < -0.4 is 5.32 Å². The smallest absolute Gasteiger partial charge is 0.135 e. The molecule has 19 heavy (non-hydrogen) atoms. The van der Waals surface area contributed by atoms with Crippen LogP contribution in [0.2, 0.25) is 0 Å². The number of nitrogens with one attached hydrogen (secondary N) is 1. The lowest BCUT2D eigenvalue weighted by Crippen LogP contribution is -2.22. The molecule has 1 N–H and O–H groups in total. The molecule has 2 heterocycles. The average Bonchev–Trinajstić information content (AvgIpc) is 3.12. The molecule has 0 unspecified atom stereocenters. The molecular formula is C14H21BrN4. The molecule has 2 fully saturated rings. The van der Waals surface area contributed by atoms with Gasteiger partial charge in [0.15, 0.2) is 0 Å². The van der Waals surface area contributed by atoms with Crippen molar-refractivity contribution in [3.63, 3.8) is 0 Å². The number of hydrogen-bond acceptors (Lipinski definition) is 4. The maximum Gasteiger partial charge on any atom is 0.135 e. The second-order valence-corrected chi connectivity index (χ2v) is 6.35. The molecule has 5 heteroatoms. The Morgan fingerprint density at radius 2 is 2.05 bits per heavy atom. The van der Waals surface area contributed by atoms with E-state index in [0.717, 1.165) is 22.8 Å². The van der Waals surface area contributed by atoms with Crippen LogP contribution in [0.3, 0.4) is 0 Å². The first-order valence-electron chi connectivity index (χ1n) is 7.32. The maximum absolute atomic E-state index is 4.60. The third-order valence-electron chi connectivity index (χ3n) is 3.81. The van der Waals surface area contributed by atoms with Crippen LogP contribution in [0.15, 0.2) is 10.7 Å². The van der Waals surface area contributed by atoms with Crippen LogP contribution in [0.4, 0.5) is 5.82 Å². The number of nitrogens with zero attached hydrogens (tertiary/aromatic N) is 3. The molecule has 1 aromatic heterocycles. The summed E-state index contributed by atoms with van der Waals surface area (Å²) in [6, 6.07) is 1.97. The second kappa shape index (κ2) is 6.18. The molecular weight excluding hydrogens is 304 g/mol. The van der Waals surface area contributed by atoms with Crippen LogP contribution in [0.1, 0.15) is 43.8 Å². The molecule has 0 bridgehead atoms. The SMILES string of the molecule is Brc1cc(NCCCN2CCCC2)nc(C2CC2)n1. The first-order chi connectivity index (χ1) is 9.31. The van der Waals surface area contributed by atoms with Gasteiger partial charge in [-0.3, -0.25) is 0 Å². The summed E-state index contributed by atoms with van der Waals surface area (Å²) in [6.07, 6.45) is 6.41. The predicted molar refractivity (Wildman–Crippen MR) is 80.5 cm³/mol. The van der Waals surface area contributed by atoms with Crippen LogP contribution in [-0.2, 0) is 0 Å². The Hall–Kier alpha value is -0.680. The van der Waals surface area contributed by atoms with Crippen molar-refractivity contribution in [2.24, 2.45) is 0 Å². The van der Waals surface area contributed by atoms with Gasteiger partial charge in [0.2, 0.25) is 0 Å². The van der Waals surface area contributed by atoms with Gasteiger partial charge in [0, 0.05) is 18.5 Å². The molecule has 1 saturated carbocycles. The number of rotatable bonds is 6. The third-order valence-corrected chi connectivity index (χ3v) is 4.22. The van der Waals surface area contributed by atoms with Crippen molar-refractivity contribution < 1.29 is 0 Å². The van der Waals surface area contributed by atoms with Crippen molar-refractivity contribution in [2.45, 2.75) is 38.0 Å². The van der Waals surface area contributed by atoms with Gasteiger partial charge in [0.1, 0.15) is 16.2 Å². The number of hydrogen-bond donors (Lipinski definition) is 1. The lowest BCUT2D eigenvalue weighted by Gasteiger charge is -2.14. The molecule has 104 valence electrons. The van der Waals surface area contributed by atoms with E-state index in [1.165, 1.54) is 51.7 Å². The van der Waals surface area contributed by atoms with Gasteiger partial charge >= 0.3 is 0 Å². The minimum absolute atomic E-state index is 0.600. The third kappa shape index (κ3) is 3.89. The highest BCUT2D eigenvalue weighted by Crippen LogP contribution is 2.38. The van der Waals surface area contributed by atoms with Crippen molar-refractivity contribution in [1.82, 2.24) is 14.9 Å². The highest BCUT2D eigenvalue weighted by Gasteiger charge is 2.27. The van der Waals surface area contributed by atoms with Crippen LogP contribution in [0.25, 0.3) is 0 Å². The van der Waals surface area contributed by atoms with Gasteiger partial charge < -0.3 is 10.2 Å². The molecule has 3 rings (SSSR count). The molecule has 2 aliphatic rings. The maximum atomic E-state index is 4.60. The van der Waals surface area contributed by atoms with Crippen molar-refractivity contribution in [2.75, 3.05) is 31.5 Å². The average molecular weight is 325 g/mol. The van der Waals surface area contributed by atoms with Crippen molar-refractivity contribution in [3.05, 3.63) is 16.5 Å². The van der Waals surface area contributed by atoms with E-state index >= 15 is 0 Å². The number of anilines is 1. The minimum atomic E-state index is 0.600. The highest BCUT2D eigenvalue weighted by atomic mass is 79.9. The largest absolute Gasteiger partial charge is 0.370 e. The molecule has 0 spiro atoms. The van der Waals surface area contributed by atoms with Crippen LogP contribution in [0, 0.1) is 0 Å². The fourth-order valence-electron chi connectivity index (χ4n) is 2.58. The monoisotopic (exact) mass is 324 g/mol. The van der Waals surface area contributed by atoms with Gasteiger partial charge in [-0.25, -0.2) is 9.97 Å². The fourth-order valence-corrected chi connectivity index (χ4v) is 2.97. The Labute approximate surface area is 123 Å². The van der Waals surface area contributed by atoms with E-state index in [1.54, 1.807) is 0 Å². The zero-order valence-corrected chi connectivity index (χ0v) is 12.8. The predicted octanol–water partition coefficient (Wildman–Crippen LogP) is 3.01. The van der Waals surface area contributed by atoms with E-state index in [1.807, 2.05) is 6.07 Å². The molecule has 1 aromatic rings. The summed E-state index contributed by atoms with van der Waals surface area (Å²) in [4.78, 5) is 11.6. The molecule has 1 saturated heterocycles. The van der Waals surface area contributed by atoms with E-state index in [4.69, 9.17) is 0 Å². The normalized spacial score (nSPS) is 19.8. The number of aromatic nitrogens is 2. The Kier molecular flexibility index (Phi) is 4.33. The summed E-state index contributed by atoms with van der Waals surface area (Å²) >= 11 is 3.47. The van der Waals surface area contributed by atoms with Gasteiger partial charge in [0.05, 0.1) is 0 Å². The standard InChI is InChI=1S/C14H21BrN4/c15-12-10-13(18-14(17-12)11-4-5-11)16-6-3-9-19-7-1-2-8-19/h10-11H,1-9H2,(H,16,17,18). The van der Waals surface area contributed by atoms with E-state index < -0.39 is 0 Å². The Morgan fingerprint density at radius 1 is 1.26 bits per heavy atom. The molecule has 1 aliphatic heterocycles. The molecule has 0 radical (unpaired) electrons. The first-order valence-corrected chi connectivity index (χ1v) is 8.11. The molecule has 4 nitrogen and oxygen atoms in total. The van der Waals surface area contributed by atoms with Gasteiger partial charge in [-0.1, -0.05) is 0 Å². The van der Waals surface area contributed by atoms with E-state index in [9.17, 15) is 0 Å². The highest BCUT2D eigenvalue weighted by molar-refractivity contribution is 9.10. The zero-order valence-electron chi connectivity index (χ0n) is 11.2. The number of halogens is 1. The summed E-state index contributed by atoms with van der Waals surface area (Å²) in [5.41, 5.74) is 0. The first kappa shape index (κ1) is 13.3. The second-order valence-electron chi connectivity index (χ2n) is 5.54. The lowest BCUT2D eigenvalue weighted by molar-refractivity contribution is 0.337. The van der Waals surface area contributed by atoms with E-state index in [2.05, 4.69) is 36.1 Å². The quantitative estimate of drug-likeness (QED) is 0.645. The number of likely N-dealkylation sites (tertiary alicyclic amines) is 1. The Balaban J connectivity index is 1.46. The fraction of sp³-hybridized carbons (Fsp3) is 0.714. The van der Waals surface area contributed by atoms with Crippen molar-refractivity contribution >= 4 is 21.7 Å². The van der Waals surface area contributed by atoms with E-state index in [0.29, 0.717) is 5.92 Å². The topological polar surface area (TPSA) is 41.0 Å². The van der Waals surface area contributed by atoms with Crippen LogP contribution >= 0.6 is 15.9 Å². The summed E-state index contributed by atoms with van der Waals surface area (Å²) in [7, 11) is 0. The van der Waals surface area contributed by atoms with Gasteiger partial charge in [-0.2, -0.15) is 0 Å². The summed E-state index contributed by atoms with van der Waals surface area (Å²) in [5, 5.41) is 3.42. The minimum Gasteiger partial charge on any atom is -0.370 e. The summed E-state index contributed by atoms with van der Waals surface area (Å²) < 4.78 is 0.895.